The summed E-state index contributed by atoms with van der Waals surface area (Å²) >= 11 is 0. The molecule has 48 heavy (non-hydrogen) atoms. The zero-order valence-electron chi connectivity index (χ0n) is 27.6. The lowest BCUT2D eigenvalue weighted by molar-refractivity contribution is -0.249. The highest BCUT2D eigenvalue weighted by molar-refractivity contribution is 5.91. The van der Waals surface area contributed by atoms with Crippen LogP contribution in [0.25, 0.3) is 0 Å². The number of carbonyl (C=O) groups is 2. The summed E-state index contributed by atoms with van der Waals surface area (Å²) in [4.78, 5) is 33.4. The Hall–Kier alpha value is -4.96. The molecular formula is C38H46O10. The highest BCUT2D eigenvalue weighted by Crippen LogP contribution is 2.22. The first-order valence-electron chi connectivity index (χ1n) is 16.3. The number of ether oxygens (including phenoxy) is 6. The van der Waals surface area contributed by atoms with Crippen molar-refractivity contribution in [3.63, 3.8) is 0 Å². The Morgan fingerprint density at radius 1 is 0.583 bits per heavy atom. The summed E-state index contributed by atoms with van der Waals surface area (Å²) in [7, 11) is 0. The number of allylic oxidation sites excluding steroid dienone is 1. The average molecular weight is 663 g/mol. The fourth-order valence-electron chi connectivity index (χ4n) is 4.18. The second kappa shape index (κ2) is 23.4. The standard InChI is InChI=1S/C38H46O10/c1-3-25-46-47-29-12-8-7-10-27-42-33-17-19-34(20-18-33)44-30-45-35-21-23-36(24-22-35)48-38(40)31-13-15-32(16-14-31)41-26-9-5-6-11-28-43-37(39)4-2/h3-4,13-25H,2,5-12,26-30H2,1H3/b25-3-. The van der Waals surface area contributed by atoms with E-state index in [2.05, 4.69) is 6.58 Å². The van der Waals surface area contributed by atoms with Crippen molar-refractivity contribution >= 4 is 11.9 Å². The molecular weight excluding hydrogens is 616 g/mol. The Bertz CT molecular complexity index is 1350. The SMILES string of the molecule is C=CC(=O)OCCCCCCOc1ccc(C(=O)Oc2ccc(OCOc3ccc(OCCCCCCOO/C=C\C)cc3)cc2)cc1. The van der Waals surface area contributed by atoms with Gasteiger partial charge in [0, 0.05) is 6.08 Å². The molecule has 0 aromatic heterocycles. The molecule has 3 rings (SSSR count). The van der Waals surface area contributed by atoms with Gasteiger partial charge >= 0.3 is 11.9 Å². The summed E-state index contributed by atoms with van der Waals surface area (Å²) in [5.41, 5.74) is 0.412. The van der Waals surface area contributed by atoms with Gasteiger partial charge in [0.25, 0.3) is 0 Å². The van der Waals surface area contributed by atoms with E-state index in [1.54, 1.807) is 54.6 Å². The van der Waals surface area contributed by atoms with Gasteiger partial charge in [-0.05, 0) is 131 Å². The van der Waals surface area contributed by atoms with Crippen LogP contribution in [0.2, 0.25) is 0 Å². The lowest BCUT2D eigenvalue weighted by Crippen LogP contribution is -2.09. The van der Waals surface area contributed by atoms with Crippen molar-refractivity contribution in [3.05, 3.63) is 103 Å². The van der Waals surface area contributed by atoms with Crippen LogP contribution in [0.4, 0.5) is 0 Å². The zero-order valence-corrected chi connectivity index (χ0v) is 27.6. The molecule has 0 atom stereocenters. The topological polar surface area (TPSA) is 108 Å². The zero-order chi connectivity index (χ0) is 34.1. The molecule has 0 heterocycles. The fraction of sp³-hybridized carbons (Fsp3) is 0.368. The van der Waals surface area contributed by atoms with Crippen LogP contribution in [0.15, 0.2) is 97.8 Å². The Morgan fingerprint density at radius 3 is 1.56 bits per heavy atom. The lowest BCUT2D eigenvalue weighted by Gasteiger charge is -2.11. The summed E-state index contributed by atoms with van der Waals surface area (Å²) in [5, 5.41) is 0. The van der Waals surface area contributed by atoms with Gasteiger partial charge in [-0.25, -0.2) is 9.59 Å². The van der Waals surface area contributed by atoms with Crippen LogP contribution in [0, 0.1) is 0 Å². The number of rotatable bonds is 25. The van der Waals surface area contributed by atoms with Crippen molar-refractivity contribution in [2.24, 2.45) is 0 Å². The first-order valence-corrected chi connectivity index (χ1v) is 16.3. The third kappa shape index (κ3) is 16.0. The Balaban J connectivity index is 1.25. The monoisotopic (exact) mass is 662 g/mol. The van der Waals surface area contributed by atoms with Crippen LogP contribution < -0.4 is 23.7 Å². The van der Waals surface area contributed by atoms with Gasteiger partial charge in [-0.3, -0.25) is 0 Å². The summed E-state index contributed by atoms with van der Waals surface area (Å²) in [6, 6.07) is 21.0. The molecule has 10 heteroatoms. The first-order chi connectivity index (χ1) is 23.6. The second-order valence-electron chi connectivity index (χ2n) is 10.5. The highest BCUT2D eigenvalue weighted by atomic mass is 17.2. The number of unbranched alkanes of at least 4 members (excludes halogenated alkanes) is 6. The summed E-state index contributed by atoms with van der Waals surface area (Å²) < 4.78 is 33.3. The number of carbonyl (C=O) groups excluding carboxylic acids is 2. The van der Waals surface area contributed by atoms with Crippen molar-refractivity contribution in [1.82, 2.24) is 0 Å². The van der Waals surface area contributed by atoms with Gasteiger partial charge in [0.1, 0.15) is 35.0 Å². The fourth-order valence-corrected chi connectivity index (χ4v) is 4.18. The van der Waals surface area contributed by atoms with Gasteiger partial charge in [0.15, 0.2) is 0 Å². The molecule has 0 aliphatic rings. The molecule has 3 aromatic carbocycles. The maximum atomic E-state index is 12.6. The minimum atomic E-state index is -0.472. The normalized spacial score (nSPS) is 10.7. The van der Waals surface area contributed by atoms with Crippen molar-refractivity contribution in [1.29, 1.82) is 0 Å². The van der Waals surface area contributed by atoms with Gasteiger partial charge in [-0.15, -0.1) is 0 Å². The van der Waals surface area contributed by atoms with E-state index in [1.807, 2.05) is 31.2 Å². The summed E-state index contributed by atoms with van der Waals surface area (Å²) in [6.07, 6.45) is 12.1. The molecule has 0 aliphatic carbocycles. The molecule has 0 radical (unpaired) electrons. The van der Waals surface area contributed by atoms with E-state index >= 15 is 0 Å². The van der Waals surface area contributed by atoms with E-state index in [4.69, 9.17) is 38.2 Å². The number of hydrogen-bond donors (Lipinski definition) is 0. The van der Waals surface area contributed by atoms with Crippen LogP contribution in [-0.4, -0.2) is 45.2 Å². The number of esters is 2. The number of benzene rings is 3. The van der Waals surface area contributed by atoms with Crippen molar-refractivity contribution in [3.8, 4) is 28.7 Å². The third-order valence-corrected chi connectivity index (χ3v) is 6.77. The molecule has 0 saturated heterocycles. The van der Waals surface area contributed by atoms with E-state index < -0.39 is 11.9 Å². The van der Waals surface area contributed by atoms with E-state index in [0.717, 1.165) is 63.2 Å². The summed E-state index contributed by atoms with van der Waals surface area (Å²) in [5.74, 6) is 2.22. The van der Waals surface area contributed by atoms with Gasteiger partial charge in [-0.2, -0.15) is 4.89 Å². The molecule has 3 aromatic rings. The van der Waals surface area contributed by atoms with Crippen molar-refractivity contribution in [2.45, 2.75) is 58.3 Å². The smallest absolute Gasteiger partial charge is 0.343 e. The van der Waals surface area contributed by atoms with Crippen LogP contribution in [0.3, 0.4) is 0 Å². The molecule has 258 valence electrons. The van der Waals surface area contributed by atoms with Gasteiger partial charge in [0.05, 0.1) is 32.0 Å². The maximum Gasteiger partial charge on any atom is 0.343 e. The van der Waals surface area contributed by atoms with E-state index in [-0.39, 0.29) is 6.79 Å². The molecule has 0 saturated carbocycles. The van der Waals surface area contributed by atoms with E-state index in [9.17, 15) is 9.59 Å². The molecule has 0 spiro atoms. The predicted octanol–water partition coefficient (Wildman–Crippen LogP) is 8.41. The molecule has 0 bridgehead atoms. The lowest BCUT2D eigenvalue weighted by atomic mass is 10.2. The minimum Gasteiger partial charge on any atom is -0.494 e. The molecule has 0 amide bonds. The number of hydrogen-bond acceptors (Lipinski definition) is 10. The second-order valence-corrected chi connectivity index (χ2v) is 10.5. The highest BCUT2D eigenvalue weighted by Gasteiger charge is 2.09. The quantitative estimate of drug-likeness (QED) is 0.0128. The Labute approximate surface area is 283 Å². The first kappa shape index (κ1) is 37.5. The van der Waals surface area contributed by atoms with Crippen molar-refractivity contribution in [2.75, 3.05) is 33.2 Å². The maximum absolute atomic E-state index is 12.6. The van der Waals surface area contributed by atoms with Crippen LogP contribution in [-0.2, 0) is 19.3 Å². The van der Waals surface area contributed by atoms with Crippen LogP contribution in [0.5, 0.6) is 28.7 Å². The summed E-state index contributed by atoms with van der Waals surface area (Å²) in [6.45, 7) is 7.44. The Kier molecular flexibility index (Phi) is 18.3. The predicted molar refractivity (Wildman–Crippen MR) is 181 cm³/mol. The average Bonchev–Trinajstić information content (AvgIpc) is 3.11. The minimum absolute atomic E-state index is 0.0183. The van der Waals surface area contributed by atoms with Crippen molar-refractivity contribution < 1.29 is 47.8 Å². The molecule has 0 aliphatic heterocycles. The molecule has 0 fully saturated rings. The van der Waals surface area contributed by atoms with Crippen LogP contribution >= 0.6 is 0 Å². The van der Waals surface area contributed by atoms with E-state index in [1.165, 1.54) is 6.26 Å². The van der Waals surface area contributed by atoms with Gasteiger partial charge in [-0.1, -0.05) is 13.0 Å². The van der Waals surface area contributed by atoms with Gasteiger partial charge in [0.2, 0.25) is 6.79 Å². The van der Waals surface area contributed by atoms with Gasteiger partial charge < -0.3 is 33.3 Å². The third-order valence-electron chi connectivity index (χ3n) is 6.77. The Morgan fingerprint density at radius 2 is 1.04 bits per heavy atom. The van der Waals surface area contributed by atoms with Crippen LogP contribution in [0.1, 0.15) is 68.6 Å². The molecule has 10 nitrogen and oxygen atoms in total. The molecule has 0 unspecified atom stereocenters. The molecule has 0 N–H and O–H groups in total. The van der Waals surface area contributed by atoms with E-state index in [0.29, 0.717) is 55.0 Å². The largest absolute Gasteiger partial charge is 0.494 e.